The van der Waals surface area contributed by atoms with Crippen LogP contribution in [0.3, 0.4) is 0 Å². The van der Waals surface area contributed by atoms with E-state index in [2.05, 4.69) is 15.2 Å². The maximum absolute atomic E-state index is 12.0. The summed E-state index contributed by atoms with van der Waals surface area (Å²) >= 11 is 7.07. The van der Waals surface area contributed by atoms with Crippen LogP contribution in [0, 0.1) is 0 Å². The van der Waals surface area contributed by atoms with Crippen LogP contribution in [0.1, 0.15) is 40.9 Å². The first kappa shape index (κ1) is 17.9. The number of Topliss-reactive ketones (excluding diaryl/α,β-unsaturated/α-hetero) is 1. The fourth-order valence-electron chi connectivity index (χ4n) is 2.79. The Hall–Kier alpha value is -1.92. The van der Waals surface area contributed by atoms with Crippen LogP contribution in [0.4, 0.5) is 5.82 Å². The molecule has 0 unspecified atom stereocenters. The molecule has 1 aliphatic heterocycles. The van der Waals surface area contributed by atoms with Crippen LogP contribution >= 0.6 is 22.9 Å². The first-order valence-corrected chi connectivity index (χ1v) is 9.56. The van der Waals surface area contributed by atoms with E-state index in [1.165, 1.54) is 24.2 Å². The summed E-state index contributed by atoms with van der Waals surface area (Å²) in [6.07, 6.45) is 4.55. The van der Waals surface area contributed by atoms with Crippen LogP contribution in [0.5, 0.6) is 0 Å². The van der Waals surface area contributed by atoms with Crippen LogP contribution in [0.25, 0.3) is 0 Å². The molecule has 1 fully saturated rings. The van der Waals surface area contributed by atoms with Crippen LogP contribution in [0.2, 0.25) is 4.34 Å². The molecule has 0 spiro atoms. The van der Waals surface area contributed by atoms with Crippen molar-refractivity contribution in [3.05, 3.63) is 45.2 Å². The molecule has 3 rings (SSSR count). The van der Waals surface area contributed by atoms with Crippen LogP contribution in [-0.4, -0.2) is 29.8 Å². The van der Waals surface area contributed by atoms with Crippen molar-refractivity contribution in [3.8, 4) is 0 Å². The van der Waals surface area contributed by atoms with Gasteiger partial charge in [0.05, 0.1) is 9.21 Å². The predicted molar refractivity (Wildman–Crippen MR) is 100 cm³/mol. The summed E-state index contributed by atoms with van der Waals surface area (Å²) in [6, 6.07) is 7.31. The standard InChI is InChI=1S/C18H20ClN3O2S/c19-16-5-4-15(25-16)14(23)3-6-18(24)21-12-13-7-8-20-17(11-13)22-9-1-2-10-22/h4-5,7-8,11H,1-3,6,9-10,12H2,(H,21,24). The second kappa shape index (κ2) is 8.45. The number of hydrogen-bond acceptors (Lipinski definition) is 5. The van der Waals surface area contributed by atoms with Gasteiger partial charge in [0.25, 0.3) is 0 Å². The molecule has 0 aliphatic carbocycles. The molecule has 5 nitrogen and oxygen atoms in total. The lowest BCUT2D eigenvalue weighted by Gasteiger charge is -2.17. The number of amides is 1. The van der Waals surface area contributed by atoms with Gasteiger partial charge in [-0.2, -0.15) is 0 Å². The average molecular weight is 378 g/mol. The second-order valence-corrected chi connectivity index (χ2v) is 7.74. The third-order valence-corrected chi connectivity index (χ3v) is 5.43. The highest BCUT2D eigenvalue weighted by molar-refractivity contribution is 7.18. The number of aromatic nitrogens is 1. The Morgan fingerprint density at radius 3 is 2.72 bits per heavy atom. The molecule has 1 amide bonds. The number of carbonyl (C=O) groups excluding carboxylic acids is 2. The third-order valence-electron chi connectivity index (χ3n) is 4.16. The topological polar surface area (TPSA) is 62.3 Å². The lowest BCUT2D eigenvalue weighted by atomic mass is 10.2. The molecule has 2 aromatic heterocycles. The monoisotopic (exact) mass is 377 g/mol. The number of halogens is 1. The average Bonchev–Trinajstić information content (AvgIpc) is 3.30. The van der Waals surface area contributed by atoms with E-state index in [1.54, 1.807) is 18.3 Å². The minimum absolute atomic E-state index is 0.0488. The SMILES string of the molecule is O=C(CCC(=O)c1ccc(Cl)s1)NCc1ccnc(N2CCCC2)c1. The zero-order valence-corrected chi connectivity index (χ0v) is 15.4. The fourth-order valence-corrected chi connectivity index (χ4v) is 3.80. The van der Waals surface area contributed by atoms with E-state index in [4.69, 9.17) is 11.6 Å². The summed E-state index contributed by atoms with van der Waals surface area (Å²) in [5.41, 5.74) is 1.02. The Labute approximate surface area is 156 Å². The Kier molecular flexibility index (Phi) is 6.04. The number of hydrogen-bond donors (Lipinski definition) is 1. The Morgan fingerprint density at radius 2 is 2.00 bits per heavy atom. The van der Waals surface area contributed by atoms with Crippen molar-refractivity contribution in [2.75, 3.05) is 18.0 Å². The van der Waals surface area contributed by atoms with Gasteiger partial charge in [0.2, 0.25) is 5.91 Å². The van der Waals surface area contributed by atoms with Crippen LogP contribution < -0.4 is 10.2 Å². The maximum atomic E-state index is 12.0. The van der Waals surface area contributed by atoms with Crippen molar-refractivity contribution in [1.29, 1.82) is 0 Å². The zero-order valence-electron chi connectivity index (χ0n) is 13.8. The fraction of sp³-hybridized carbons (Fsp3) is 0.389. The number of anilines is 1. The molecule has 1 aliphatic rings. The van der Waals surface area contributed by atoms with Gasteiger partial charge in [-0.1, -0.05) is 11.6 Å². The van der Waals surface area contributed by atoms with Crippen molar-refractivity contribution in [3.63, 3.8) is 0 Å². The highest BCUT2D eigenvalue weighted by atomic mass is 35.5. The van der Waals surface area contributed by atoms with Gasteiger partial charge in [-0.05, 0) is 42.7 Å². The minimum Gasteiger partial charge on any atom is -0.357 e. The number of pyridine rings is 1. The molecule has 0 bridgehead atoms. The van der Waals surface area contributed by atoms with Gasteiger partial charge >= 0.3 is 0 Å². The smallest absolute Gasteiger partial charge is 0.220 e. The molecule has 1 saturated heterocycles. The van der Waals surface area contributed by atoms with E-state index < -0.39 is 0 Å². The molecule has 1 N–H and O–H groups in total. The van der Waals surface area contributed by atoms with Crippen LogP contribution in [-0.2, 0) is 11.3 Å². The minimum atomic E-state index is -0.129. The number of rotatable bonds is 7. The molecule has 25 heavy (non-hydrogen) atoms. The molecule has 2 aromatic rings. The largest absolute Gasteiger partial charge is 0.357 e. The van der Waals surface area contributed by atoms with Crippen LogP contribution in [0.15, 0.2) is 30.5 Å². The summed E-state index contributed by atoms with van der Waals surface area (Å²) in [6.45, 7) is 2.52. The van der Waals surface area contributed by atoms with E-state index in [0.29, 0.717) is 15.8 Å². The summed E-state index contributed by atoms with van der Waals surface area (Å²) in [7, 11) is 0. The molecular weight excluding hydrogens is 358 g/mol. The summed E-state index contributed by atoms with van der Waals surface area (Å²) in [5, 5.41) is 2.87. The molecular formula is C18H20ClN3O2S. The number of thiophene rings is 1. The Morgan fingerprint density at radius 1 is 1.20 bits per heavy atom. The predicted octanol–water partition coefficient (Wildman–Crippen LogP) is 3.68. The molecule has 0 radical (unpaired) electrons. The highest BCUT2D eigenvalue weighted by Crippen LogP contribution is 2.23. The first-order valence-electron chi connectivity index (χ1n) is 8.37. The van der Waals surface area contributed by atoms with E-state index in [1.807, 2.05) is 12.1 Å². The zero-order chi connectivity index (χ0) is 17.6. The number of ketones is 1. The molecule has 132 valence electrons. The van der Waals surface area contributed by atoms with Crippen molar-refractivity contribution < 1.29 is 9.59 Å². The third kappa shape index (κ3) is 5.03. The van der Waals surface area contributed by atoms with Gasteiger partial charge < -0.3 is 10.2 Å². The van der Waals surface area contributed by atoms with E-state index >= 15 is 0 Å². The lowest BCUT2D eigenvalue weighted by Crippen LogP contribution is -2.24. The normalized spacial score (nSPS) is 13.9. The summed E-state index contributed by atoms with van der Waals surface area (Å²) in [4.78, 5) is 31.2. The quantitative estimate of drug-likeness (QED) is 0.748. The van der Waals surface area contributed by atoms with E-state index in [0.717, 1.165) is 24.5 Å². The molecule has 0 atom stereocenters. The lowest BCUT2D eigenvalue weighted by molar-refractivity contribution is -0.121. The number of nitrogens with one attached hydrogen (secondary N) is 1. The van der Waals surface area contributed by atoms with E-state index in [9.17, 15) is 9.59 Å². The van der Waals surface area contributed by atoms with Crippen molar-refractivity contribution in [1.82, 2.24) is 10.3 Å². The number of nitrogens with zero attached hydrogens (tertiary/aromatic N) is 2. The van der Waals surface area contributed by atoms with Gasteiger partial charge in [-0.25, -0.2) is 4.98 Å². The molecule has 0 saturated carbocycles. The summed E-state index contributed by atoms with van der Waals surface area (Å²) in [5.74, 6) is 0.789. The highest BCUT2D eigenvalue weighted by Gasteiger charge is 2.14. The van der Waals surface area contributed by atoms with Gasteiger partial charge in [-0.15, -0.1) is 11.3 Å². The van der Waals surface area contributed by atoms with Gasteiger partial charge in [-0.3, -0.25) is 9.59 Å². The second-order valence-electron chi connectivity index (χ2n) is 6.02. The van der Waals surface area contributed by atoms with Crippen molar-refractivity contribution in [2.45, 2.75) is 32.2 Å². The van der Waals surface area contributed by atoms with E-state index in [-0.39, 0.29) is 24.5 Å². The Bertz CT molecular complexity index is 756. The molecule has 0 aromatic carbocycles. The maximum Gasteiger partial charge on any atom is 0.220 e. The van der Waals surface area contributed by atoms with Crippen molar-refractivity contribution in [2.24, 2.45) is 0 Å². The molecule has 7 heteroatoms. The number of carbonyl (C=O) groups is 2. The first-order chi connectivity index (χ1) is 12.1. The molecule has 3 heterocycles. The van der Waals surface area contributed by atoms with Crippen molar-refractivity contribution >= 4 is 40.4 Å². The van der Waals surface area contributed by atoms with Gasteiger partial charge in [0.15, 0.2) is 5.78 Å². The Balaban J connectivity index is 1.45. The summed E-state index contributed by atoms with van der Waals surface area (Å²) < 4.78 is 0.583. The van der Waals surface area contributed by atoms with Gasteiger partial charge in [0, 0.05) is 38.7 Å². The van der Waals surface area contributed by atoms with Gasteiger partial charge in [0.1, 0.15) is 5.82 Å².